The molecule has 4 aromatic heterocycles. The molecule has 0 saturated heterocycles. The van der Waals surface area contributed by atoms with Crippen molar-refractivity contribution in [3.8, 4) is 6.07 Å². The first-order valence-corrected chi connectivity index (χ1v) is 16.4. The van der Waals surface area contributed by atoms with Crippen molar-refractivity contribution in [2.24, 2.45) is 11.8 Å². The fraction of sp³-hybridized carbons (Fsp3) is 0.293. The summed E-state index contributed by atoms with van der Waals surface area (Å²) in [6.07, 6.45) is 6.63. The molecule has 1 radical (unpaired) electrons. The molecule has 0 bridgehead atoms. The first-order valence-electron chi connectivity index (χ1n) is 16.4. The van der Waals surface area contributed by atoms with Crippen LogP contribution in [0.15, 0.2) is 72.6 Å². The van der Waals surface area contributed by atoms with E-state index in [0.29, 0.717) is 5.56 Å². The van der Waals surface area contributed by atoms with E-state index in [-0.39, 0.29) is 43.5 Å². The van der Waals surface area contributed by atoms with Crippen molar-refractivity contribution >= 4 is 65.6 Å². The predicted octanol–water partition coefficient (Wildman–Crippen LogP) is 10.7. The third-order valence-electron chi connectivity index (χ3n) is 9.93. The maximum atomic E-state index is 11.7. The first-order chi connectivity index (χ1) is 22.3. The van der Waals surface area contributed by atoms with Crippen LogP contribution < -0.4 is 0 Å². The minimum absolute atomic E-state index is 0. The standard InChI is InChI=1S/C28H16N3.C13H24O2.Ir/c1-15-16(2)27-23-12-18-8-4-3-7-17(18)11-22(23)25-28-24(19(13-29)14-30-25)20-9-5-6-10-21(20)26(15)31(27)28;1-5-10(6-2)12(14)9-13(15)11(7-3)8-4;/h3-10,12,14H,1-2H3;9-11,14H,5-8H2,1-4H3;/q-1;;/b;12-9-;. The fourth-order valence-electron chi connectivity index (χ4n) is 7.16. The molecule has 0 unspecified atom stereocenters. The van der Waals surface area contributed by atoms with E-state index in [9.17, 15) is 15.2 Å². The van der Waals surface area contributed by atoms with Crippen LogP contribution in [0.25, 0.3) is 59.8 Å². The van der Waals surface area contributed by atoms with Gasteiger partial charge in [-0.15, -0.1) is 23.6 Å². The number of hydrogen-bond donors (Lipinski definition) is 1. The Hall–Kier alpha value is -4.30. The summed E-state index contributed by atoms with van der Waals surface area (Å²) >= 11 is 0. The molecule has 4 heterocycles. The van der Waals surface area contributed by atoms with E-state index in [4.69, 9.17) is 4.98 Å². The quantitative estimate of drug-likeness (QED) is 0.0573. The molecule has 7 aromatic rings. The van der Waals surface area contributed by atoms with Gasteiger partial charge >= 0.3 is 0 Å². The number of fused-ring (bicyclic) bond motifs is 7. The SMILES string of the molecule is CCC(CC)C(=O)/C=C(\O)C(CC)CC.Cc1c(C)c2c3ccccc3c3c(C#N)cnc4c5[c-]c6ccccc6cc5c1n2c43.[Ir]. The van der Waals surface area contributed by atoms with Crippen molar-refractivity contribution in [2.45, 2.75) is 67.2 Å². The Morgan fingerprint density at radius 2 is 1.49 bits per heavy atom. The van der Waals surface area contributed by atoms with Crippen LogP contribution in [-0.4, -0.2) is 20.3 Å². The number of aliphatic hydroxyl groups is 1. The number of aromatic nitrogens is 2. The van der Waals surface area contributed by atoms with E-state index in [1.165, 1.54) is 39.0 Å². The van der Waals surface area contributed by atoms with Crippen LogP contribution >= 0.6 is 0 Å². The van der Waals surface area contributed by atoms with Gasteiger partial charge in [-0.25, -0.2) is 0 Å². The summed E-state index contributed by atoms with van der Waals surface area (Å²) in [6, 6.07) is 25.1. The van der Waals surface area contributed by atoms with Gasteiger partial charge in [0, 0.05) is 71.5 Å². The summed E-state index contributed by atoms with van der Waals surface area (Å²) < 4.78 is 2.34. The Morgan fingerprint density at radius 1 is 0.894 bits per heavy atom. The van der Waals surface area contributed by atoms with Gasteiger partial charge in [-0.1, -0.05) is 86.3 Å². The van der Waals surface area contributed by atoms with E-state index >= 15 is 0 Å². The van der Waals surface area contributed by atoms with Gasteiger partial charge in [0.05, 0.1) is 16.8 Å². The molecule has 3 aromatic carbocycles. The van der Waals surface area contributed by atoms with Gasteiger partial charge < -0.3 is 9.51 Å². The normalized spacial score (nSPS) is 12.0. The number of rotatable bonds is 7. The zero-order valence-corrected chi connectivity index (χ0v) is 30.3. The number of benzene rings is 3. The zero-order chi connectivity index (χ0) is 32.7. The number of aryl methyl sites for hydroxylation is 2. The number of carbonyl (C=O) groups is 1. The van der Waals surface area contributed by atoms with E-state index in [1.807, 2.05) is 39.8 Å². The number of nitrogens with zero attached hydrogens (tertiary/aromatic N) is 3. The molecule has 0 saturated carbocycles. The van der Waals surface area contributed by atoms with Crippen molar-refractivity contribution in [1.29, 1.82) is 5.26 Å². The summed E-state index contributed by atoms with van der Waals surface area (Å²) in [4.78, 5) is 16.5. The Kier molecular flexibility index (Phi) is 10.0. The smallest absolute Gasteiger partial charge is 0.162 e. The van der Waals surface area contributed by atoms with Crippen LogP contribution in [0, 0.1) is 43.1 Å². The Morgan fingerprint density at radius 3 is 2.13 bits per heavy atom. The van der Waals surface area contributed by atoms with Gasteiger partial charge in [-0.05, 0) is 56.0 Å². The molecule has 1 N–H and O–H groups in total. The van der Waals surface area contributed by atoms with Gasteiger partial charge in [0.1, 0.15) is 6.07 Å². The second-order valence-corrected chi connectivity index (χ2v) is 12.3. The molecule has 6 heteroatoms. The molecule has 0 atom stereocenters. The molecule has 7 rings (SSSR count). The van der Waals surface area contributed by atoms with Gasteiger partial charge in [-0.3, -0.25) is 9.78 Å². The van der Waals surface area contributed by atoms with Crippen LogP contribution in [0.4, 0.5) is 0 Å². The van der Waals surface area contributed by atoms with Gasteiger partial charge in [-0.2, -0.15) is 5.26 Å². The molecule has 5 nitrogen and oxygen atoms in total. The third kappa shape index (κ3) is 5.56. The second kappa shape index (κ2) is 13.8. The third-order valence-corrected chi connectivity index (χ3v) is 9.93. The van der Waals surface area contributed by atoms with Crippen LogP contribution in [0.2, 0.25) is 0 Å². The maximum absolute atomic E-state index is 11.7. The first kappa shape index (κ1) is 34.0. The molecule has 0 amide bonds. The zero-order valence-electron chi connectivity index (χ0n) is 27.9. The monoisotopic (exact) mass is 799 g/mol. The number of carbonyl (C=O) groups excluding carboxylic acids is 1. The molecule has 0 fully saturated rings. The molecular weight excluding hydrogens is 759 g/mol. The van der Waals surface area contributed by atoms with E-state index in [0.717, 1.165) is 63.6 Å². The Labute approximate surface area is 289 Å². The molecule has 0 aliphatic carbocycles. The van der Waals surface area contributed by atoms with Crippen molar-refractivity contribution in [3.05, 3.63) is 95.4 Å². The van der Waals surface area contributed by atoms with E-state index < -0.39 is 0 Å². The Bertz CT molecular complexity index is 2340. The number of nitriles is 1. The number of allylic oxidation sites excluding steroid dienone is 2. The van der Waals surface area contributed by atoms with Crippen LogP contribution in [-0.2, 0) is 24.9 Å². The number of pyridine rings is 3. The largest absolute Gasteiger partial charge is 0.512 e. The van der Waals surface area contributed by atoms with Crippen LogP contribution in [0.5, 0.6) is 0 Å². The number of aliphatic hydroxyl groups excluding tert-OH is 1. The topological polar surface area (TPSA) is 78.4 Å². The van der Waals surface area contributed by atoms with Gasteiger partial charge in [0.2, 0.25) is 0 Å². The van der Waals surface area contributed by atoms with Crippen molar-refractivity contribution < 1.29 is 30.0 Å². The van der Waals surface area contributed by atoms with Gasteiger partial charge in [0.25, 0.3) is 0 Å². The average Bonchev–Trinajstić information content (AvgIpc) is 3.35. The average molecular weight is 799 g/mol. The number of ketones is 1. The fourth-order valence-corrected chi connectivity index (χ4v) is 7.16. The molecule has 0 spiro atoms. The predicted molar refractivity (Wildman–Crippen MR) is 191 cm³/mol. The molecular formula is C41H40IrN3O2-. The summed E-state index contributed by atoms with van der Waals surface area (Å²) in [5.74, 6) is 0.547. The summed E-state index contributed by atoms with van der Waals surface area (Å²) in [5, 5.41) is 27.3. The molecule has 0 aliphatic heterocycles. The minimum Gasteiger partial charge on any atom is -0.512 e. The van der Waals surface area contributed by atoms with Gasteiger partial charge in [0.15, 0.2) is 5.78 Å². The van der Waals surface area contributed by atoms with Crippen molar-refractivity contribution in [1.82, 2.24) is 9.38 Å². The Balaban J connectivity index is 0.000000234. The second-order valence-electron chi connectivity index (χ2n) is 12.3. The minimum atomic E-state index is 0. The van der Waals surface area contributed by atoms with Crippen molar-refractivity contribution in [2.75, 3.05) is 0 Å². The molecule has 241 valence electrons. The van der Waals surface area contributed by atoms with Crippen molar-refractivity contribution in [3.63, 3.8) is 0 Å². The summed E-state index contributed by atoms with van der Waals surface area (Å²) in [5.41, 5.74) is 7.43. The molecule has 0 aliphatic rings. The van der Waals surface area contributed by atoms with Crippen LogP contribution in [0.1, 0.15) is 70.1 Å². The maximum Gasteiger partial charge on any atom is 0.162 e. The van der Waals surface area contributed by atoms with E-state index in [2.05, 4.69) is 72.8 Å². The summed E-state index contributed by atoms with van der Waals surface area (Å²) in [6.45, 7) is 12.5. The summed E-state index contributed by atoms with van der Waals surface area (Å²) in [7, 11) is 0. The van der Waals surface area contributed by atoms with E-state index in [1.54, 1.807) is 6.20 Å². The van der Waals surface area contributed by atoms with Crippen LogP contribution in [0.3, 0.4) is 0 Å². The number of hydrogen-bond acceptors (Lipinski definition) is 4. The molecule has 47 heavy (non-hydrogen) atoms.